The molecule has 1 aromatic heterocycles. The molecule has 9 heteroatoms. The zero-order valence-electron chi connectivity index (χ0n) is 22.1. The minimum Gasteiger partial charge on any atom is -0.455 e. The summed E-state index contributed by atoms with van der Waals surface area (Å²) in [5.74, 6) is -2.53. The van der Waals surface area contributed by atoms with Crippen LogP contribution >= 0.6 is 11.3 Å². The van der Waals surface area contributed by atoms with Crippen molar-refractivity contribution in [2.24, 2.45) is 17.3 Å². The van der Waals surface area contributed by atoms with Gasteiger partial charge in [-0.05, 0) is 45.1 Å². The number of halogens is 1. The Kier molecular flexibility index (Phi) is 9.13. The summed E-state index contributed by atoms with van der Waals surface area (Å²) < 4.78 is 26.7. The van der Waals surface area contributed by atoms with Crippen LogP contribution in [0.2, 0.25) is 0 Å². The van der Waals surface area contributed by atoms with E-state index in [1.54, 1.807) is 19.2 Å². The van der Waals surface area contributed by atoms with E-state index < -0.39 is 53.5 Å². The van der Waals surface area contributed by atoms with E-state index >= 15 is 4.39 Å². The third kappa shape index (κ3) is 6.60. The van der Waals surface area contributed by atoms with Gasteiger partial charge in [0.25, 0.3) is 0 Å². The monoisotopic (exact) mass is 525 g/mol. The molecular weight excluding hydrogens is 485 g/mol. The number of thiazole rings is 1. The summed E-state index contributed by atoms with van der Waals surface area (Å²) in [6, 6.07) is 0. The van der Waals surface area contributed by atoms with E-state index in [0.717, 1.165) is 11.4 Å². The van der Waals surface area contributed by atoms with Crippen molar-refractivity contribution in [3.05, 3.63) is 21.9 Å². The van der Waals surface area contributed by atoms with Crippen molar-refractivity contribution in [2.45, 2.75) is 110 Å². The Morgan fingerprint density at radius 1 is 1.31 bits per heavy atom. The van der Waals surface area contributed by atoms with Crippen molar-refractivity contribution in [3.8, 4) is 0 Å². The summed E-state index contributed by atoms with van der Waals surface area (Å²) >= 11 is 1.39. The van der Waals surface area contributed by atoms with E-state index in [1.165, 1.54) is 17.4 Å². The van der Waals surface area contributed by atoms with Gasteiger partial charge in [0.05, 0.1) is 46.5 Å². The lowest BCUT2D eigenvalue weighted by Gasteiger charge is -2.35. The highest BCUT2D eigenvalue weighted by Gasteiger charge is 2.53. The first kappa shape index (κ1) is 28.9. The second-order valence-corrected chi connectivity index (χ2v) is 12.2. The Morgan fingerprint density at radius 3 is 2.61 bits per heavy atom. The molecule has 1 aromatic rings. The number of rotatable bonds is 3. The van der Waals surface area contributed by atoms with Gasteiger partial charge in [-0.3, -0.25) is 9.59 Å². The highest BCUT2D eigenvalue weighted by molar-refractivity contribution is 7.09. The minimum atomic E-state index is -1.35. The molecule has 0 aromatic carbocycles. The molecule has 202 valence electrons. The lowest BCUT2D eigenvalue weighted by atomic mass is 9.71. The van der Waals surface area contributed by atoms with Crippen molar-refractivity contribution < 1.29 is 33.7 Å². The van der Waals surface area contributed by atoms with Gasteiger partial charge >= 0.3 is 5.97 Å². The largest absolute Gasteiger partial charge is 0.455 e. The van der Waals surface area contributed by atoms with Gasteiger partial charge < -0.3 is 19.7 Å². The highest BCUT2D eigenvalue weighted by Crippen LogP contribution is 2.45. The van der Waals surface area contributed by atoms with E-state index in [1.807, 2.05) is 27.7 Å². The first-order chi connectivity index (χ1) is 16.8. The fourth-order valence-electron chi connectivity index (χ4n) is 5.09. The predicted octanol–water partition coefficient (Wildman–Crippen LogP) is 4.77. The number of esters is 1. The second kappa shape index (κ2) is 11.4. The van der Waals surface area contributed by atoms with Gasteiger partial charge in [-0.2, -0.15) is 0 Å². The predicted molar refractivity (Wildman–Crippen MR) is 136 cm³/mol. The molecule has 2 aliphatic heterocycles. The number of aliphatic hydroxyl groups is 2. The quantitative estimate of drug-likeness (QED) is 0.432. The molecule has 3 heterocycles. The van der Waals surface area contributed by atoms with Crippen LogP contribution < -0.4 is 0 Å². The number of aliphatic hydroxyl groups excluding tert-OH is 2. The summed E-state index contributed by atoms with van der Waals surface area (Å²) in [6.07, 6.45) is -0.139. The molecule has 2 aliphatic rings. The number of aryl methyl sites for hydroxylation is 1. The molecule has 0 saturated carbocycles. The second-order valence-electron chi connectivity index (χ2n) is 11.1. The smallest absolute Gasteiger partial charge is 0.309 e. The number of nitrogens with zero attached hydrogens (tertiary/aromatic N) is 1. The van der Waals surface area contributed by atoms with Gasteiger partial charge in [-0.15, -0.1) is 11.3 Å². The first-order valence-electron chi connectivity index (χ1n) is 12.9. The Morgan fingerprint density at radius 2 is 2.00 bits per heavy atom. The minimum absolute atomic E-state index is 0.125. The number of fused-ring (bicyclic) bond motifs is 1. The van der Waals surface area contributed by atoms with Gasteiger partial charge in [0.15, 0.2) is 6.10 Å². The SMILES string of the molecule is CC[C@H]1C(=O)C(C)(C)[C@@H](O)CC(=O)O[C@H](/C(F)=C/c2csc(C)n2)C[C@@H]2O[C@@]2(C)CCC[C@@H](C)[C@@H]1O. The van der Waals surface area contributed by atoms with Crippen molar-refractivity contribution in [1.29, 1.82) is 0 Å². The lowest BCUT2D eigenvalue weighted by Crippen LogP contribution is -2.46. The Balaban J connectivity index is 1.87. The molecule has 7 atom stereocenters. The van der Waals surface area contributed by atoms with E-state index in [-0.39, 0.29) is 24.2 Å². The molecule has 0 radical (unpaired) electrons. The number of epoxide rings is 1. The van der Waals surface area contributed by atoms with Crippen LogP contribution in [0.5, 0.6) is 0 Å². The Hall–Kier alpha value is -1.68. The van der Waals surface area contributed by atoms with Gasteiger partial charge in [0.1, 0.15) is 11.6 Å². The number of carbonyl (C=O) groups is 2. The van der Waals surface area contributed by atoms with Crippen molar-refractivity contribution in [2.75, 3.05) is 0 Å². The molecule has 2 fully saturated rings. The molecule has 36 heavy (non-hydrogen) atoms. The zero-order valence-corrected chi connectivity index (χ0v) is 22.9. The number of Topliss-reactive ketones (excluding diaryl/α,β-unsaturated/α-hetero) is 1. The molecule has 7 nitrogen and oxygen atoms in total. The van der Waals surface area contributed by atoms with Crippen molar-refractivity contribution >= 4 is 29.2 Å². The average Bonchev–Trinajstić information content (AvgIpc) is 3.24. The number of aromatic nitrogens is 1. The van der Waals surface area contributed by atoms with Crippen LogP contribution in [0.15, 0.2) is 11.2 Å². The molecule has 2 N–H and O–H groups in total. The van der Waals surface area contributed by atoms with Gasteiger partial charge in [-0.25, -0.2) is 9.37 Å². The summed E-state index contributed by atoms with van der Waals surface area (Å²) in [5.41, 5.74) is -1.31. The van der Waals surface area contributed by atoms with Crippen LogP contribution in [0.3, 0.4) is 0 Å². The summed E-state index contributed by atoms with van der Waals surface area (Å²) in [4.78, 5) is 30.5. The topological polar surface area (TPSA) is 109 Å². The average molecular weight is 526 g/mol. The maximum absolute atomic E-state index is 15.3. The standard InChI is InChI=1S/C27H40FNO6S/c1-7-18-24(32)15(2)9-8-10-27(6)22(35-27)12-20(19(28)11-17-14-36-16(3)29-17)34-23(31)13-21(30)26(4,5)25(18)33/h11,14-15,18,20-22,24,30,32H,7-10,12-13H2,1-6H3/b19-11-/t15-,18-,20+,21+,22+,24+,27+/m1/s1. The van der Waals surface area contributed by atoms with Crippen molar-refractivity contribution in [3.63, 3.8) is 0 Å². The number of cyclic esters (lactones) is 1. The van der Waals surface area contributed by atoms with Crippen LogP contribution in [-0.4, -0.2) is 57.0 Å². The number of ether oxygens (including phenoxy) is 2. The van der Waals surface area contributed by atoms with Gasteiger partial charge in [-0.1, -0.05) is 34.1 Å². The van der Waals surface area contributed by atoms with E-state index in [0.29, 0.717) is 25.0 Å². The molecule has 0 amide bonds. The maximum atomic E-state index is 15.3. The number of hydrogen-bond donors (Lipinski definition) is 2. The van der Waals surface area contributed by atoms with Crippen LogP contribution in [0.25, 0.3) is 6.08 Å². The maximum Gasteiger partial charge on any atom is 0.309 e. The zero-order chi connectivity index (χ0) is 26.8. The molecule has 2 saturated heterocycles. The van der Waals surface area contributed by atoms with Crippen LogP contribution in [0.1, 0.15) is 83.8 Å². The van der Waals surface area contributed by atoms with E-state index in [2.05, 4.69) is 4.98 Å². The number of hydrogen-bond acceptors (Lipinski definition) is 8. The third-order valence-electron chi connectivity index (χ3n) is 7.90. The van der Waals surface area contributed by atoms with E-state index in [9.17, 15) is 19.8 Å². The van der Waals surface area contributed by atoms with Crippen LogP contribution in [0, 0.1) is 24.2 Å². The van der Waals surface area contributed by atoms with Crippen molar-refractivity contribution in [1.82, 2.24) is 4.98 Å². The molecule has 0 spiro atoms. The lowest BCUT2D eigenvalue weighted by molar-refractivity contribution is -0.155. The molecule has 0 bridgehead atoms. The summed E-state index contributed by atoms with van der Waals surface area (Å²) in [7, 11) is 0. The Labute approximate surface area is 217 Å². The highest BCUT2D eigenvalue weighted by atomic mass is 32.1. The number of ketones is 1. The molecular formula is C27H40FNO6S. The first-order valence-corrected chi connectivity index (χ1v) is 13.7. The molecule has 0 aliphatic carbocycles. The third-order valence-corrected chi connectivity index (χ3v) is 8.69. The van der Waals surface area contributed by atoms with Crippen LogP contribution in [0.4, 0.5) is 4.39 Å². The molecule has 0 unspecified atom stereocenters. The normalized spacial score (nSPS) is 36.8. The van der Waals surface area contributed by atoms with Gasteiger partial charge in [0.2, 0.25) is 0 Å². The summed E-state index contributed by atoms with van der Waals surface area (Å²) in [5, 5.41) is 24.4. The van der Waals surface area contributed by atoms with Gasteiger partial charge in [0, 0.05) is 17.7 Å². The summed E-state index contributed by atoms with van der Waals surface area (Å²) in [6.45, 7) is 10.7. The fraction of sp³-hybridized carbons (Fsp3) is 0.741. The van der Waals surface area contributed by atoms with Crippen LogP contribution in [-0.2, 0) is 19.1 Å². The van der Waals surface area contributed by atoms with E-state index in [4.69, 9.17) is 9.47 Å². The Bertz CT molecular complexity index is 977. The fourth-order valence-corrected chi connectivity index (χ4v) is 5.66. The molecule has 3 rings (SSSR count). The number of carbonyl (C=O) groups excluding carboxylic acids is 2.